The summed E-state index contributed by atoms with van der Waals surface area (Å²) >= 11 is 0. The topological polar surface area (TPSA) is 200 Å². The minimum Gasteiger partial charge on any atom is -2.00 e. The smallest absolute Gasteiger partial charge is 2.00 e. The zero-order chi connectivity index (χ0) is 0. The molecule has 0 spiro atoms. The average molecular weight is 415 g/mol. The monoisotopic (exact) mass is 414 g/mol. The first-order valence-electron chi connectivity index (χ1n) is 0. The minimum absolute atomic E-state index is 0. The fourth-order valence-electron chi connectivity index (χ4n) is 0. The van der Waals surface area contributed by atoms with Crippen LogP contribution < -0.4 is 0 Å². The Morgan fingerprint density at radius 2 is 0.273 bits per heavy atom. The van der Waals surface area contributed by atoms with Gasteiger partial charge in [-0.25, -0.2) is 0 Å². The Hall–Kier alpha value is 2.19. The SMILES string of the molecule is [Nb+5].[Nb+5].[Ni+2].[Ni+2].[O-2].[O-2].[O-2].[O-2].[O-2].[O-2].[O-2]. The fourth-order valence-corrected chi connectivity index (χ4v) is 0. The van der Waals surface area contributed by atoms with Gasteiger partial charge in [0.25, 0.3) is 0 Å². The molecule has 11 heavy (non-hydrogen) atoms. The van der Waals surface area contributed by atoms with Gasteiger partial charge in [0.1, 0.15) is 0 Å². The molecule has 0 aliphatic rings. The molecule has 0 amide bonds. The molecule has 0 unspecified atom stereocenters. The summed E-state index contributed by atoms with van der Waals surface area (Å²) in [6.07, 6.45) is 0. The van der Waals surface area contributed by atoms with E-state index in [1.807, 2.05) is 0 Å². The standard InChI is InChI=1S/2Nb.2Ni.7O/q2*+5;2*+2;7*-2. The average Bonchev–Trinajstić information content (AvgIpc) is 0. The summed E-state index contributed by atoms with van der Waals surface area (Å²) in [6.45, 7) is 0. The maximum Gasteiger partial charge on any atom is 5.00 e. The fraction of sp³-hybridized carbons (Fsp3) is 0. The molecule has 0 aromatic heterocycles. The number of hydrogen-bond donors (Lipinski definition) is 0. The quantitative estimate of drug-likeness (QED) is 0.445. The molecular weight excluding hydrogens is 415 g/mol. The van der Waals surface area contributed by atoms with Gasteiger partial charge in [-0.1, -0.05) is 0 Å². The van der Waals surface area contributed by atoms with Crippen LogP contribution in [0.15, 0.2) is 0 Å². The van der Waals surface area contributed by atoms with E-state index in [2.05, 4.69) is 0 Å². The van der Waals surface area contributed by atoms with Crippen LogP contribution in [0.2, 0.25) is 0 Å². The first kappa shape index (κ1) is 409. The number of hydrogen-bond acceptors (Lipinski definition) is 0. The van der Waals surface area contributed by atoms with Crippen LogP contribution in [0, 0.1) is 0 Å². The predicted molar refractivity (Wildman–Crippen MR) is 4.81 cm³/mol. The van der Waals surface area contributed by atoms with Crippen LogP contribution in [-0.4, -0.2) is 0 Å². The third-order valence-electron chi connectivity index (χ3n) is 0. The largest absolute Gasteiger partial charge is 5.00 e. The molecule has 0 fully saturated rings. The molecule has 0 radical (unpaired) electrons. The van der Waals surface area contributed by atoms with Gasteiger partial charge in [-0.3, -0.25) is 0 Å². The number of rotatable bonds is 0. The third-order valence-corrected chi connectivity index (χ3v) is 0. The van der Waals surface area contributed by atoms with Gasteiger partial charge in [-0.15, -0.1) is 0 Å². The molecule has 11 heteroatoms. The Labute approximate surface area is 115 Å². The van der Waals surface area contributed by atoms with Gasteiger partial charge in [0.2, 0.25) is 0 Å². The Balaban J connectivity index is 0. The van der Waals surface area contributed by atoms with E-state index in [4.69, 9.17) is 0 Å². The maximum atomic E-state index is 0. The summed E-state index contributed by atoms with van der Waals surface area (Å²) in [4.78, 5) is 0. The van der Waals surface area contributed by atoms with Gasteiger partial charge in [0.05, 0.1) is 0 Å². The van der Waals surface area contributed by atoms with Crippen molar-refractivity contribution in [3.05, 3.63) is 0 Å². The van der Waals surface area contributed by atoms with Crippen molar-refractivity contribution in [1.82, 2.24) is 0 Å². The van der Waals surface area contributed by atoms with Crippen LogP contribution in [0.5, 0.6) is 0 Å². The molecule has 0 rings (SSSR count). The van der Waals surface area contributed by atoms with Crippen molar-refractivity contribution in [2.24, 2.45) is 0 Å². The molecule has 0 heterocycles. The summed E-state index contributed by atoms with van der Waals surface area (Å²) in [5, 5.41) is 0. The molecule has 7 nitrogen and oxygen atoms in total. The van der Waals surface area contributed by atoms with E-state index in [1.165, 1.54) is 0 Å². The molecule has 0 aromatic carbocycles. The zero-order valence-corrected chi connectivity index (χ0v) is 10.8. The summed E-state index contributed by atoms with van der Waals surface area (Å²) in [5.74, 6) is 0. The summed E-state index contributed by atoms with van der Waals surface area (Å²) in [6, 6.07) is 0. The maximum absolute atomic E-state index is 0. The predicted octanol–water partition coefficient (Wildman–Crippen LogP) is -0.842. The van der Waals surface area contributed by atoms with Crippen molar-refractivity contribution < 1.29 is 116 Å². The van der Waals surface area contributed by atoms with Crippen molar-refractivity contribution in [3.63, 3.8) is 0 Å². The van der Waals surface area contributed by atoms with Crippen LogP contribution >= 0.6 is 0 Å². The second-order valence-electron chi connectivity index (χ2n) is 0. The first-order valence-corrected chi connectivity index (χ1v) is 0. The van der Waals surface area contributed by atoms with Gasteiger partial charge >= 0.3 is 77.7 Å². The van der Waals surface area contributed by atoms with Crippen molar-refractivity contribution in [1.29, 1.82) is 0 Å². The van der Waals surface area contributed by atoms with Crippen molar-refractivity contribution in [2.45, 2.75) is 0 Å². The van der Waals surface area contributed by atoms with Crippen LogP contribution in [0.4, 0.5) is 0 Å². The van der Waals surface area contributed by atoms with Crippen molar-refractivity contribution in [2.75, 3.05) is 0 Å². The Morgan fingerprint density at radius 3 is 0.273 bits per heavy atom. The first-order chi connectivity index (χ1) is 0. The van der Waals surface area contributed by atoms with E-state index >= 15 is 0 Å². The van der Waals surface area contributed by atoms with Crippen LogP contribution in [0.3, 0.4) is 0 Å². The normalized spacial score (nSPS) is 0. The minimum atomic E-state index is 0. The van der Waals surface area contributed by atoms with Crippen molar-refractivity contribution in [3.8, 4) is 0 Å². The molecule has 0 atom stereocenters. The molecule has 0 aliphatic carbocycles. The Morgan fingerprint density at radius 1 is 0.273 bits per heavy atom. The third kappa shape index (κ3) is 264. The molecule has 0 aromatic rings. The molecular formula is Nb2Ni2O7. The van der Waals surface area contributed by atoms with Gasteiger partial charge in [0.15, 0.2) is 0 Å². The van der Waals surface area contributed by atoms with Gasteiger partial charge in [-0.2, -0.15) is 0 Å². The summed E-state index contributed by atoms with van der Waals surface area (Å²) < 4.78 is 0. The Bertz CT molecular complexity index is 14.4. The molecule has 0 saturated heterocycles. The zero-order valence-electron chi connectivity index (χ0n) is 4.38. The van der Waals surface area contributed by atoms with E-state index in [1.54, 1.807) is 0 Å². The molecule has 0 bridgehead atoms. The van der Waals surface area contributed by atoms with Gasteiger partial charge in [-0.05, 0) is 0 Å². The Kier molecular flexibility index (Phi) is 11900. The second-order valence-corrected chi connectivity index (χ2v) is 0. The van der Waals surface area contributed by atoms with Crippen LogP contribution in [0.25, 0.3) is 0 Å². The van der Waals surface area contributed by atoms with E-state index in [-0.39, 0.29) is 116 Å². The van der Waals surface area contributed by atoms with Crippen LogP contribution in [-0.2, 0) is 116 Å². The van der Waals surface area contributed by atoms with Crippen molar-refractivity contribution >= 4 is 0 Å². The van der Waals surface area contributed by atoms with E-state index in [0.29, 0.717) is 0 Å². The molecule has 72 valence electrons. The summed E-state index contributed by atoms with van der Waals surface area (Å²) in [7, 11) is 0. The second kappa shape index (κ2) is 319. The van der Waals surface area contributed by atoms with E-state index in [0.717, 1.165) is 0 Å². The molecule has 0 aliphatic heterocycles. The van der Waals surface area contributed by atoms with Gasteiger partial charge in [0, 0.05) is 0 Å². The molecule has 0 N–H and O–H groups in total. The van der Waals surface area contributed by atoms with E-state index in [9.17, 15) is 0 Å². The van der Waals surface area contributed by atoms with Crippen LogP contribution in [0.1, 0.15) is 0 Å². The van der Waals surface area contributed by atoms with E-state index < -0.39 is 0 Å². The molecule has 0 saturated carbocycles. The van der Waals surface area contributed by atoms with Gasteiger partial charge < -0.3 is 38.3 Å². The summed E-state index contributed by atoms with van der Waals surface area (Å²) in [5.41, 5.74) is 0.